The van der Waals surface area contributed by atoms with Gasteiger partial charge in [0.25, 0.3) is 0 Å². The highest BCUT2D eigenvalue weighted by Crippen LogP contribution is 2.17. The smallest absolute Gasteiger partial charge is 0.405 e. The molecule has 1 saturated heterocycles. The molecule has 0 aliphatic carbocycles. The monoisotopic (exact) mass is 311 g/mol. The number of likely N-dealkylation sites (tertiary alicyclic amines) is 1. The maximum Gasteiger partial charge on any atom is 0.405 e. The van der Waals surface area contributed by atoms with Crippen LogP contribution in [-0.4, -0.2) is 59.8 Å². The maximum atomic E-state index is 11.8. The number of carboxylic acid groups (broad SMARTS) is 1. The average molecular weight is 311 g/mol. The van der Waals surface area contributed by atoms with Gasteiger partial charge < -0.3 is 10.4 Å². The van der Waals surface area contributed by atoms with Crippen molar-refractivity contribution in [1.29, 1.82) is 0 Å². The van der Waals surface area contributed by atoms with E-state index in [2.05, 4.69) is 0 Å². The highest BCUT2D eigenvalue weighted by molar-refractivity contribution is 5.94. The normalized spacial score (nSPS) is 19.3. The molecule has 0 saturated carbocycles. The van der Waals surface area contributed by atoms with E-state index in [-0.39, 0.29) is 13.0 Å². The summed E-state index contributed by atoms with van der Waals surface area (Å²) in [6.07, 6.45) is -3.53. The Hall–Kier alpha value is -1.84. The largest absolute Gasteiger partial charge is 0.480 e. The molecule has 21 heavy (non-hydrogen) atoms. The number of halogens is 3. The van der Waals surface area contributed by atoms with Crippen molar-refractivity contribution in [3.05, 3.63) is 0 Å². The van der Waals surface area contributed by atoms with Gasteiger partial charge in [-0.2, -0.15) is 13.2 Å². The van der Waals surface area contributed by atoms with Crippen LogP contribution in [-0.2, 0) is 9.59 Å². The lowest BCUT2D eigenvalue weighted by atomic mass is 10.2. The summed E-state index contributed by atoms with van der Waals surface area (Å²) in [6.45, 7) is -0.862. The van der Waals surface area contributed by atoms with Crippen LogP contribution in [0.2, 0.25) is 0 Å². The minimum Gasteiger partial charge on any atom is -0.480 e. The van der Waals surface area contributed by atoms with Crippen LogP contribution in [0.25, 0.3) is 0 Å². The number of carbonyl (C=O) groups excluding carboxylic acids is 2. The predicted octanol–water partition coefficient (Wildman–Crippen LogP) is 0.314. The number of carbonyl (C=O) groups is 3. The van der Waals surface area contributed by atoms with Gasteiger partial charge >= 0.3 is 18.2 Å². The summed E-state index contributed by atoms with van der Waals surface area (Å²) >= 11 is 0. The second kappa shape index (κ2) is 7.25. The lowest BCUT2D eigenvalue weighted by Gasteiger charge is -2.20. The number of rotatable bonds is 5. The molecule has 1 heterocycles. The molecule has 0 spiro atoms. The molecular weight excluding hydrogens is 295 g/mol. The standard InChI is InChI=1S/C11H16F3N3O4/c12-11(13,14)6-15-10(21)16-8(18)3-5-17-4-1-2-7(17)9(19)20/h7H,1-6H2,(H,19,20)(H2,15,16,18,21)/t7-/m0/s1. The van der Waals surface area contributed by atoms with Crippen LogP contribution < -0.4 is 10.6 Å². The van der Waals surface area contributed by atoms with Crippen LogP contribution in [0.15, 0.2) is 0 Å². The van der Waals surface area contributed by atoms with Gasteiger partial charge in [0, 0.05) is 13.0 Å². The van der Waals surface area contributed by atoms with Crippen molar-refractivity contribution in [3.63, 3.8) is 0 Å². The first-order valence-corrected chi connectivity index (χ1v) is 6.30. The number of imide groups is 1. The fraction of sp³-hybridized carbons (Fsp3) is 0.727. The first kappa shape index (κ1) is 17.2. The van der Waals surface area contributed by atoms with Gasteiger partial charge in [-0.15, -0.1) is 0 Å². The maximum absolute atomic E-state index is 11.8. The third-order valence-electron chi connectivity index (χ3n) is 2.98. The molecule has 0 radical (unpaired) electrons. The molecule has 0 aromatic rings. The second-order valence-electron chi connectivity index (χ2n) is 4.63. The number of aliphatic carboxylic acids is 1. The van der Waals surface area contributed by atoms with Crippen LogP contribution in [0.1, 0.15) is 19.3 Å². The molecule has 1 rings (SSSR count). The first-order valence-electron chi connectivity index (χ1n) is 6.30. The van der Waals surface area contributed by atoms with E-state index in [4.69, 9.17) is 5.11 Å². The van der Waals surface area contributed by atoms with Gasteiger partial charge in [0.2, 0.25) is 5.91 Å². The van der Waals surface area contributed by atoms with E-state index < -0.39 is 36.7 Å². The number of hydrogen-bond donors (Lipinski definition) is 3. The zero-order chi connectivity index (χ0) is 16.0. The van der Waals surface area contributed by atoms with Gasteiger partial charge in [-0.05, 0) is 19.4 Å². The summed E-state index contributed by atoms with van der Waals surface area (Å²) in [7, 11) is 0. The third kappa shape index (κ3) is 6.43. The highest BCUT2D eigenvalue weighted by Gasteiger charge is 2.31. The number of carboxylic acids is 1. The summed E-state index contributed by atoms with van der Waals surface area (Å²) in [4.78, 5) is 34.9. The van der Waals surface area contributed by atoms with Crippen molar-refractivity contribution in [2.45, 2.75) is 31.5 Å². The lowest BCUT2D eigenvalue weighted by molar-refractivity contribution is -0.142. The number of alkyl halides is 3. The average Bonchev–Trinajstić information content (AvgIpc) is 2.81. The van der Waals surface area contributed by atoms with E-state index in [1.807, 2.05) is 0 Å². The van der Waals surface area contributed by atoms with Gasteiger partial charge in [0.05, 0.1) is 0 Å². The molecule has 0 aromatic carbocycles. The fourth-order valence-electron chi connectivity index (χ4n) is 2.03. The Bertz CT molecular complexity index is 414. The van der Waals surface area contributed by atoms with Crippen molar-refractivity contribution < 1.29 is 32.7 Å². The van der Waals surface area contributed by atoms with Crippen LogP contribution in [0.4, 0.5) is 18.0 Å². The molecule has 10 heteroatoms. The molecule has 0 unspecified atom stereocenters. The summed E-state index contributed by atoms with van der Waals surface area (Å²) in [6, 6.07) is -1.88. The quantitative estimate of drug-likeness (QED) is 0.679. The van der Waals surface area contributed by atoms with Gasteiger partial charge in [-0.25, -0.2) is 4.79 Å². The minimum absolute atomic E-state index is 0.134. The van der Waals surface area contributed by atoms with E-state index in [0.717, 1.165) is 0 Å². The molecule has 3 N–H and O–H groups in total. The minimum atomic E-state index is -4.55. The van der Waals surface area contributed by atoms with Crippen LogP contribution in [0, 0.1) is 0 Å². The molecular formula is C11H16F3N3O4. The number of nitrogens with one attached hydrogen (secondary N) is 2. The van der Waals surface area contributed by atoms with E-state index in [9.17, 15) is 27.6 Å². The summed E-state index contributed by atoms with van der Waals surface area (Å²) < 4.78 is 35.5. The van der Waals surface area contributed by atoms with Crippen molar-refractivity contribution in [2.75, 3.05) is 19.6 Å². The van der Waals surface area contributed by atoms with E-state index in [1.54, 1.807) is 10.2 Å². The molecule has 7 nitrogen and oxygen atoms in total. The summed E-state index contributed by atoms with van der Waals surface area (Å²) in [5.41, 5.74) is 0. The van der Waals surface area contributed by atoms with E-state index >= 15 is 0 Å². The lowest BCUT2D eigenvalue weighted by Crippen LogP contribution is -2.44. The highest BCUT2D eigenvalue weighted by atomic mass is 19.4. The zero-order valence-electron chi connectivity index (χ0n) is 11.1. The van der Waals surface area contributed by atoms with Crippen molar-refractivity contribution >= 4 is 17.9 Å². The van der Waals surface area contributed by atoms with E-state index in [1.165, 1.54) is 5.32 Å². The molecule has 120 valence electrons. The van der Waals surface area contributed by atoms with Crippen LogP contribution in [0.5, 0.6) is 0 Å². The Kier molecular flexibility index (Phi) is 5.94. The Morgan fingerprint density at radius 2 is 1.95 bits per heavy atom. The van der Waals surface area contributed by atoms with Gasteiger partial charge in [0.1, 0.15) is 12.6 Å². The number of nitrogens with zero attached hydrogens (tertiary/aromatic N) is 1. The van der Waals surface area contributed by atoms with Crippen LogP contribution in [0.3, 0.4) is 0 Å². The Morgan fingerprint density at radius 3 is 2.52 bits per heavy atom. The first-order chi connectivity index (χ1) is 9.69. The molecule has 3 amide bonds. The van der Waals surface area contributed by atoms with Crippen LogP contribution >= 0.6 is 0 Å². The zero-order valence-corrected chi connectivity index (χ0v) is 11.1. The van der Waals surface area contributed by atoms with Gasteiger partial charge in [0.15, 0.2) is 0 Å². The predicted molar refractivity (Wildman–Crippen MR) is 64.4 cm³/mol. The Morgan fingerprint density at radius 1 is 1.29 bits per heavy atom. The third-order valence-corrected chi connectivity index (χ3v) is 2.98. The molecule has 1 aliphatic heterocycles. The number of amides is 3. The molecule has 0 bridgehead atoms. The molecule has 1 aliphatic rings. The fourth-order valence-corrected chi connectivity index (χ4v) is 2.03. The van der Waals surface area contributed by atoms with Gasteiger partial charge in [-0.3, -0.25) is 19.8 Å². The Balaban J connectivity index is 2.28. The molecule has 1 atom stereocenters. The summed E-state index contributed by atoms with van der Waals surface area (Å²) in [5.74, 6) is -1.73. The summed E-state index contributed by atoms with van der Waals surface area (Å²) in [5, 5.41) is 12.2. The SMILES string of the molecule is O=C(CCN1CCC[C@H]1C(=O)O)NC(=O)NCC(F)(F)F. The van der Waals surface area contributed by atoms with Crippen molar-refractivity contribution in [2.24, 2.45) is 0 Å². The van der Waals surface area contributed by atoms with E-state index in [0.29, 0.717) is 19.4 Å². The molecule has 0 aromatic heterocycles. The van der Waals surface area contributed by atoms with Crippen molar-refractivity contribution in [1.82, 2.24) is 15.5 Å². The second-order valence-corrected chi connectivity index (χ2v) is 4.63. The Labute approximate surface area is 118 Å². The molecule has 1 fully saturated rings. The number of urea groups is 1. The van der Waals surface area contributed by atoms with Crippen molar-refractivity contribution in [3.8, 4) is 0 Å². The topological polar surface area (TPSA) is 98.7 Å². The van der Waals surface area contributed by atoms with Gasteiger partial charge in [-0.1, -0.05) is 0 Å². The number of hydrogen-bond acceptors (Lipinski definition) is 4.